The fraction of sp³-hybridized carbons (Fsp3) is 0.796. The summed E-state index contributed by atoms with van der Waals surface area (Å²) in [7, 11) is 4.37. The molecule has 0 saturated carbocycles. The van der Waals surface area contributed by atoms with Crippen molar-refractivity contribution < 1.29 is 4.74 Å². The van der Waals surface area contributed by atoms with Gasteiger partial charge in [-0.1, -0.05) is 166 Å². The maximum atomic E-state index is 6.25. The van der Waals surface area contributed by atoms with Gasteiger partial charge >= 0.3 is 0 Å². The van der Waals surface area contributed by atoms with Crippen LogP contribution in [0.5, 0.6) is 0 Å². The van der Waals surface area contributed by atoms with Crippen LogP contribution in [0.15, 0.2) is 60.9 Å². The molecular formula is C49H91NO. The minimum atomic E-state index is 0.116. The van der Waals surface area contributed by atoms with Gasteiger partial charge in [0.2, 0.25) is 0 Å². The highest BCUT2D eigenvalue weighted by Crippen LogP contribution is 2.32. The molecule has 0 atom stereocenters. The number of nitrogens with zero attached hydrogens (tertiary/aromatic N) is 1. The van der Waals surface area contributed by atoms with E-state index in [1.54, 1.807) is 0 Å². The second-order valence-corrected chi connectivity index (χ2v) is 17.1. The Kier molecular flexibility index (Phi) is 34.4. The van der Waals surface area contributed by atoms with Gasteiger partial charge in [-0.15, -0.1) is 0 Å². The van der Waals surface area contributed by atoms with Gasteiger partial charge in [0, 0.05) is 5.54 Å². The summed E-state index contributed by atoms with van der Waals surface area (Å²) in [4.78, 5) is 2.33. The normalized spacial score (nSPS) is 13.8. The van der Waals surface area contributed by atoms with Crippen molar-refractivity contribution in [1.29, 1.82) is 0 Å². The Hall–Kier alpha value is -1.54. The molecule has 0 aromatic heterocycles. The zero-order valence-electron chi connectivity index (χ0n) is 36.0. The standard InChI is InChI=1S/C49H91NO/c1-9-11-13-15-17-19-21-23-25-27-29-31-33-35-37-39-41-47(45-51-44-43-48(3,4)46-49(5,6)50(7)8)42-40-38-36-34-32-30-28-26-24-22-20-18-16-14-12-10-2/h17-20,23-26,43-44,47H,9-16,21-22,27-42,45-46H2,1-8H3. The monoisotopic (exact) mass is 710 g/mol. The number of rotatable bonds is 37. The largest absolute Gasteiger partial charge is 0.501 e. The Balaban J connectivity index is 4.36. The van der Waals surface area contributed by atoms with Crippen LogP contribution < -0.4 is 0 Å². The van der Waals surface area contributed by atoms with E-state index in [-0.39, 0.29) is 11.0 Å². The van der Waals surface area contributed by atoms with Crippen LogP contribution >= 0.6 is 0 Å². The molecule has 0 N–H and O–H groups in total. The maximum Gasteiger partial charge on any atom is 0.0901 e. The van der Waals surface area contributed by atoms with Crippen molar-refractivity contribution in [1.82, 2.24) is 4.90 Å². The molecule has 0 spiro atoms. The van der Waals surface area contributed by atoms with Gasteiger partial charge in [0.25, 0.3) is 0 Å². The van der Waals surface area contributed by atoms with Crippen molar-refractivity contribution in [2.45, 2.75) is 220 Å². The lowest BCUT2D eigenvalue weighted by molar-refractivity contribution is 0.136. The Labute approximate surface area is 322 Å². The minimum absolute atomic E-state index is 0.116. The lowest BCUT2D eigenvalue weighted by Gasteiger charge is -2.38. The molecule has 0 unspecified atom stereocenters. The molecule has 0 aliphatic carbocycles. The summed E-state index contributed by atoms with van der Waals surface area (Å²) >= 11 is 0. The summed E-state index contributed by atoms with van der Waals surface area (Å²) in [5.41, 5.74) is 0.282. The van der Waals surface area contributed by atoms with Gasteiger partial charge in [-0.3, -0.25) is 0 Å². The number of allylic oxidation sites excluding steroid dienone is 9. The number of ether oxygens (including phenoxy) is 1. The molecule has 0 fully saturated rings. The SMILES string of the molecule is CCCCCC=CCC=CCCCCCCCCC(CCCCCCCCC=CCC=CCCCCC)COC=CC(C)(C)CC(C)(C)N(C)C. The molecule has 0 heterocycles. The maximum absolute atomic E-state index is 6.25. The zero-order valence-corrected chi connectivity index (χ0v) is 36.0. The lowest BCUT2D eigenvalue weighted by Crippen LogP contribution is -2.41. The van der Waals surface area contributed by atoms with E-state index in [1.807, 2.05) is 6.26 Å². The Morgan fingerprint density at radius 3 is 1.25 bits per heavy atom. The zero-order chi connectivity index (χ0) is 37.7. The molecule has 0 aromatic carbocycles. The molecule has 2 heteroatoms. The van der Waals surface area contributed by atoms with Crippen LogP contribution in [0.2, 0.25) is 0 Å². The third-order valence-electron chi connectivity index (χ3n) is 10.7. The fourth-order valence-corrected chi connectivity index (χ4v) is 6.91. The number of hydrogen-bond donors (Lipinski definition) is 0. The predicted octanol–water partition coefficient (Wildman–Crippen LogP) is 16.3. The highest BCUT2D eigenvalue weighted by Gasteiger charge is 2.28. The van der Waals surface area contributed by atoms with Crippen molar-refractivity contribution in [3.05, 3.63) is 60.9 Å². The van der Waals surface area contributed by atoms with Gasteiger partial charge in [0.1, 0.15) is 0 Å². The Morgan fingerprint density at radius 1 is 0.490 bits per heavy atom. The van der Waals surface area contributed by atoms with Crippen LogP contribution in [-0.2, 0) is 4.74 Å². The molecule has 0 bridgehead atoms. The van der Waals surface area contributed by atoms with Gasteiger partial charge in [-0.05, 0) is 129 Å². The van der Waals surface area contributed by atoms with Crippen LogP contribution in [0.25, 0.3) is 0 Å². The molecule has 2 nitrogen and oxygen atoms in total. The summed E-state index contributed by atoms with van der Waals surface area (Å²) in [6.07, 6.45) is 58.6. The number of unbranched alkanes of at least 4 members (excludes halogenated alkanes) is 18. The topological polar surface area (TPSA) is 12.5 Å². The molecular weight excluding hydrogens is 619 g/mol. The highest BCUT2D eigenvalue weighted by molar-refractivity contribution is 4.97. The van der Waals surface area contributed by atoms with Gasteiger partial charge in [-0.25, -0.2) is 0 Å². The van der Waals surface area contributed by atoms with E-state index >= 15 is 0 Å². The minimum Gasteiger partial charge on any atom is -0.501 e. The van der Waals surface area contributed by atoms with Crippen molar-refractivity contribution in [3.63, 3.8) is 0 Å². The summed E-state index contributed by atoms with van der Waals surface area (Å²) in [6.45, 7) is 14.8. The van der Waals surface area contributed by atoms with Crippen LogP contribution in [0.4, 0.5) is 0 Å². The quantitative estimate of drug-likeness (QED) is 0.0362. The molecule has 0 aliphatic rings. The summed E-state index contributed by atoms with van der Waals surface area (Å²) in [6, 6.07) is 0. The first-order valence-corrected chi connectivity index (χ1v) is 22.2. The molecule has 51 heavy (non-hydrogen) atoms. The molecule has 0 radical (unpaired) electrons. The van der Waals surface area contributed by atoms with E-state index in [9.17, 15) is 0 Å². The second-order valence-electron chi connectivity index (χ2n) is 17.1. The van der Waals surface area contributed by atoms with E-state index < -0.39 is 0 Å². The van der Waals surface area contributed by atoms with Crippen LogP contribution in [-0.4, -0.2) is 31.1 Å². The Bertz CT molecular complexity index is 825. The van der Waals surface area contributed by atoms with Gasteiger partial charge in [0.05, 0.1) is 12.9 Å². The van der Waals surface area contributed by atoms with E-state index in [0.717, 1.165) is 25.9 Å². The molecule has 0 aromatic rings. The smallest absolute Gasteiger partial charge is 0.0901 e. The van der Waals surface area contributed by atoms with Crippen molar-refractivity contribution in [2.24, 2.45) is 11.3 Å². The summed E-state index contributed by atoms with van der Waals surface area (Å²) in [5, 5.41) is 0. The number of hydrogen-bond acceptors (Lipinski definition) is 2. The summed E-state index contributed by atoms with van der Waals surface area (Å²) < 4.78 is 6.25. The van der Waals surface area contributed by atoms with Gasteiger partial charge in [-0.2, -0.15) is 0 Å². The van der Waals surface area contributed by atoms with Crippen LogP contribution in [0.3, 0.4) is 0 Å². The molecule has 0 aliphatic heterocycles. The van der Waals surface area contributed by atoms with Gasteiger partial charge in [0.15, 0.2) is 0 Å². The van der Waals surface area contributed by atoms with E-state index in [2.05, 4.69) is 115 Å². The van der Waals surface area contributed by atoms with Crippen molar-refractivity contribution in [2.75, 3.05) is 20.7 Å². The summed E-state index contributed by atoms with van der Waals surface area (Å²) in [5.74, 6) is 0.688. The fourth-order valence-electron chi connectivity index (χ4n) is 6.91. The first-order valence-electron chi connectivity index (χ1n) is 22.2. The highest BCUT2D eigenvalue weighted by atomic mass is 16.5. The van der Waals surface area contributed by atoms with Crippen LogP contribution in [0.1, 0.15) is 215 Å². The predicted molar refractivity (Wildman–Crippen MR) is 233 cm³/mol. The average Bonchev–Trinajstić information content (AvgIpc) is 3.08. The Morgan fingerprint density at radius 2 is 0.863 bits per heavy atom. The van der Waals surface area contributed by atoms with Crippen molar-refractivity contribution in [3.8, 4) is 0 Å². The molecule has 0 saturated heterocycles. The molecule has 298 valence electrons. The van der Waals surface area contributed by atoms with E-state index in [0.29, 0.717) is 5.92 Å². The van der Waals surface area contributed by atoms with E-state index in [4.69, 9.17) is 4.74 Å². The van der Waals surface area contributed by atoms with Gasteiger partial charge < -0.3 is 9.64 Å². The molecule has 0 amide bonds. The van der Waals surface area contributed by atoms with E-state index in [1.165, 1.54) is 154 Å². The third-order valence-corrected chi connectivity index (χ3v) is 10.7. The van der Waals surface area contributed by atoms with Crippen molar-refractivity contribution >= 4 is 0 Å². The lowest BCUT2D eigenvalue weighted by atomic mass is 9.79. The first-order chi connectivity index (χ1) is 24.6. The molecule has 0 rings (SSSR count). The average molecular weight is 710 g/mol. The first kappa shape index (κ1) is 49.5. The second kappa shape index (κ2) is 35.5. The third kappa shape index (κ3) is 35.3. The van der Waals surface area contributed by atoms with Crippen LogP contribution in [0, 0.1) is 11.3 Å².